The quantitative estimate of drug-likeness (QED) is 0.540. The van der Waals surface area contributed by atoms with Gasteiger partial charge in [0, 0.05) is 6.04 Å². The fourth-order valence-electron chi connectivity index (χ4n) is 1.18. The van der Waals surface area contributed by atoms with Crippen LogP contribution in [0.15, 0.2) is 24.8 Å². The molecule has 0 fully saturated rings. The molecule has 4 N–H and O–H groups in total. The highest BCUT2D eigenvalue weighted by Crippen LogP contribution is 2.23. The van der Waals surface area contributed by atoms with E-state index in [1.54, 1.807) is 6.08 Å². The number of hydrogen-bond donors (Lipinski definition) is 3. The molecule has 0 amide bonds. The third kappa shape index (κ3) is 2.50. The number of anilines is 2. The minimum Gasteiger partial charge on any atom is -0.478 e. The molecule has 1 unspecified atom stereocenters. The molecule has 5 heteroatoms. The van der Waals surface area contributed by atoms with E-state index >= 15 is 0 Å². The molecular formula is C11H13FN2O2. The normalized spacial score (nSPS) is 11.9. The van der Waals surface area contributed by atoms with Crippen molar-refractivity contribution in [3.63, 3.8) is 0 Å². The van der Waals surface area contributed by atoms with E-state index in [0.717, 1.165) is 12.1 Å². The first kappa shape index (κ1) is 12.0. The molecule has 0 saturated carbocycles. The van der Waals surface area contributed by atoms with E-state index in [-0.39, 0.29) is 11.7 Å². The van der Waals surface area contributed by atoms with Crippen molar-refractivity contribution < 1.29 is 14.3 Å². The molecule has 0 bridgehead atoms. The van der Waals surface area contributed by atoms with E-state index in [1.807, 2.05) is 6.92 Å². The van der Waals surface area contributed by atoms with Gasteiger partial charge < -0.3 is 16.2 Å². The van der Waals surface area contributed by atoms with Crippen LogP contribution in [0.1, 0.15) is 17.3 Å². The molecule has 1 aromatic carbocycles. The molecule has 4 nitrogen and oxygen atoms in total. The van der Waals surface area contributed by atoms with Crippen LogP contribution in [0.5, 0.6) is 0 Å². The SMILES string of the molecule is C=CC(C)Nc1cc(F)c(C(=O)O)cc1N. The van der Waals surface area contributed by atoms with Crippen molar-refractivity contribution in [2.24, 2.45) is 0 Å². The number of nitrogens with two attached hydrogens (primary N) is 1. The molecule has 0 aromatic heterocycles. The second-order valence-corrected chi connectivity index (χ2v) is 3.39. The van der Waals surface area contributed by atoms with Gasteiger partial charge >= 0.3 is 5.97 Å². The maximum Gasteiger partial charge on any atom is 0.338 e. The number of carboxylic acid groups (broad SMARTS) is 1. The van der Waals surface area contributed by atoms with Gasteiger partial charge in [0.05, 0.1) is 16.9 Å². The standard InChI is InChI=1S/C11H13FN2O2/c1-3-6(2)14-10-5-8(12)7(11(15)16)4-9(10)13/h3-6,14H,1,13H2,2H3,(H,15,16). The van der Waals surface area contributed by atoms with E-state index in [9.17, 15) is 9.18 Å². The first-order valence-electron chi connectivity index (χ1n) is 4.67. The Hall–Kier alpha value is -2.04. The molecule has 16 heavy (non-hydrogen) atoms. The highest BCUT2D eigenvalue weighted by molar-refractivity contribution is 5.90. The summed E-state index contributed by atoms with van der Waals surface area (Å²) in [4.78, 5) is 10.6. The molecule has 0 spiro atoms. The summed E-state index contributed by atoms with van der Waals surface area (Å²) in [5, 5.41) is 11.6. The lowest BCUT2D eigenvalue weighted by Crippen LogP contribution is -2.14. The Morgan fingerprint density at radius 1 is 1.69 bits per heavy atom. The molecular weight excluding hydrogens is 211 g/mol. The third-order valence-corrected chi connectivity index (χ3v) is 2.11. The molecule has 1 atom stereocenters. The Morgan fingerprint density at radius 3 is 2.81 bits per heavy atom. The van der Waals surface area contributed by atoms with Gasteiger partial charge in [-0.3, -0.25) is 0 Å². The lowest BCUT2D eigenvalue weighted by Gasteiger charge is -2.14. The summed E-state index contributed by atoms with van der Waals surface area (Å²) < 4.78 is 13.3. The minimum absolute atomic E-state index is 0.0858. The summed E-state index contributed by atoms with van der Waals surface area (Å²) in [5.41, 5.74) is 5.71. The maximum atomic E-state index is 13.3. The van der Waals surface area contributed by atoms with Gasteiger partial charge in [0.1, 0.15) is 5.82 Å². The largest absolute Gasteiger partial charge is 0.478 e. The minimum atomic E-state index is -1.34. The van der Waals surface area contributed by atoms with Gasteiger partial charge in [-0.05, 0) is 19.1 Å². The molecule has 0 saturated heterocycles. The monoisotopic (exact) mass is 224 g/mol. The zero-order chi connectivity index (χ0) is 12.3. The second-order valence-electron chi connectivity index (χ2n) is 3.39. The van der Waals surface area contributed by atoms with Crippen LogP contribution in [0.3, 0.4) is 0 Å². The third-order valence-electron chi connectivity index (χ3n) is 2.11. The summed E-state index contributed by atoms with van der Waals surface area (Å²) in [6.45, 7) is 5.38. The van der Waals surface area contributed by atoms with Gasteiger partial charge in [-0.15, -0.1) is 6.58 Å². The van der Waals surface area contributed by atoms with E-state index in [1.165, 1.54) is 0 Å². The van der Waals surface area contributed by atoms with Crippen molar-refractivity contribution in [3.8, 4) is 0 Å². The average molecular weight is 224 g/mol. The van der Waals surface area contributed by atoms with Crippen LogP contribution < -0.4 is 11.1 Å². The number of hydrogen-bond acceptors (Lipinski definition) is 3. The average Bonchev–Trinajstić information content (AvgIpc) is 2.22. The highest BCUT2D eigenvalue weighted by Gasteiger charge is 2.14. The predicted molar refractivity (Wildman–Crippen MR) is 61.1 cm³/mol. The fraction of sp³-hybridized carbons (Fsp3) is 0.182. The molecule has 86 valence electrons. The van der Waals surface area contributed by atoms with E-state index in [4.69, 9.17) is 10.8 Å². The molecule has 0 aliphatic rings. The Bertz CT molecular complexity index is 432. The Balaban J connectivity index is 3.10. The van der Waals surface area contributed by atoms with Crippen LogP contribution in [0.25, 0.3) is 0 Å². The topological polar surface area (TPSA) is 75.3 Å². The number of rotatable bonds is 4. The van der Waals surface area contributed by atoms with Gasteiger partial charge in [0.15, 0.2) is 0 Å². The molecule has 0 aliphatic carbocycles. The summed E-state index contributed by atoms with van der Waals surface area (Å²) in [5.74, 6) is -2.16. The first-order valence-corrected chi connectivity index (χ1v) is 4.67. The van der Waals surface area contributed by atoms with Crippen molar-refractivity contribution >= 4 is 17.3 Å². The van der Waals surface area contributed by atoms with Gasteiger partial charge in [-0.1, -0.05) is 6.08 Å². The lowest BCUT2D eigenvalue weighted by atomic mass is 10.1. The number of aromatic carboxylic acids is 1. The van der Waals surface area contributed by atoms with Crippen LogP contribution in [0.2, 0.25) is 0 Å². The number of carboxylic acids is 1. The summed E-state index contributed by atoms with van der Waals surface area (Å²) in [6, 6.07) is 2.08. The highest BCUT2D eigenvalue weighted by atomic mass is 19.1. The zero-order valence-electron chi connectivity index (χ0n) is 8.83. The van der Waals surface area contributed by atoms with Crippen molar-refractivity contribution in [2.75, 3.05) is 11.1 Å². The fourth-order valence-corrected chi connectivity index (χ4v) is 1.18. The van der Waals surface area contributed by atoms with Crippen molar-refractivity contribution in [1.82, 2.24) is 0 Å². The molecule has 1 rings (SSSR count). The van der Waals surface area contributed by atoms with E-state index in [0.29, 0.717) is 5.69 Å². The number of carbonyl (C=O) groups is 1. The lowest BCUT2D eigenvalue weighted by molar-refractivity contribution is 0.0692. The van der Waals surface area contributed by atoms with Crippen LogP contribution in [-0.2, 0) is 0 Å². The summed E-state index contributed by atoms with van der Waals surface area (Å²) >= 11 is 0. The van der Waals surface area contributed by atoms with Gasteiger partial charge in [-0.25, -0.2) is 9.18 Å². The summed E-state index contributed by atoms with van der Waals surface area (Å²) in [7, 11) is 0. The van der Waals surface area contributed by atoms with Crippen LogP contribution in [0, 0.1) is 5.82 Å². The van der Waals surface area contributed by atoms with Crippen LogP contribution in [0.4, 0.5) is 15.8 Å². The second kappa shape index (κ2) is 4.65. The Kier molecular flexibility index (Phi) is 3.50. The van der Waals surface area contributed by atoms with E-state index < -0.39 is 17.3 Å². The van der Waals surface area contributed by atoms with Crippen molar-refractivity contribution in [1.29, 1.82) is 0 Å². The predicted octanol–water partition coefficient (Wildman–Crippen LogP) is 2.09. The smallest absolute Gasteiger partial charge is 0.338 e. The number of halogens is 1. The molecule has 0 aliphatic heterocycles. The Morgan fingerprint density at radius 2 is 2.31 bits per heavy atom. The molecule has 1 aromatic rings. The van der Waals surface area contributed by atoms with Crippen molar-refractivity contribution in [2.45, 2.75) is 13.0 Å². The van der Waals surface area contributed by atoms with Crippen LogP contribution >= 0.6 is 0 Å². The van der Waals surface area contributed by atoms with Gasteiger partial charge in [0.25, 0.3) is 0 Å². The number of benzene rings is 1. The molecule has 0 heterocycles. The zero-order valence-corrected chi connectivity index (χ0v) is 8.83. The number of nitrogen functional groups attached to an aromatic ring is 1. The Labute approximate surface area is 92.6 Å². The first-order chi connectivity index (χ1) is 7.45. The van der Waals surface area contributed by atoms with Gasteiger partial charge in [0.2, 0.25) is 0 Å². The number of nitrogens with one attached hydrogen (secondary N) is 1. The van der Waals surface area contributed by atoms with Crippen molar-refractivity contribution in [3.05, 3.63) is 36.2 Å². The van der Waals surface area contributed by atoms with Gasteiger partial charge in [-0.2, -0.15) is 0 Å². The van der Waals surface area contributed by atoms with E-state index in [2.05, 4.69) is 11.9 Å². The summed E-state index contributed by atoms with van der Waals surface area (Å²) in [6.07, 6.45) is 1.63. The molecule has 0 radical (unpaired) electrons. The van der Waals surface area contributed by atoms with Crippen LogP contribution in [-0.4, -0.2) is 17.1 Å². The maximum absolute atomic E-state index is 13.3.